The predicted octanol–water partition coefficient (Wildman–Crippen LogP) is 0.800. The van der Waals surface area contributed by atoms with Crippen molar-refractivity contribution in [2.24, 2.45) is 0 Å². The van der Waals surface area contributed by atoms with E-state index < -0.39 is 5.97 Å². The first kappa shape index (κ1) is 14.7. The fourth-order valence-corrected chi connectivity index (χ4v) is 2.24. The van der Waals surface area contributed by atoms with Crippen LogP contribution in [0.15, 0.2) is 18.2 Å². The highest BCUT2D eigenvalue weighted by Gasteiger charge is 2.14. The minimum atomic E-state index is -0.821. The number of rotatable bonds is 6. The molecule has 0 aromatic heterocycles. The summed E-state index contributed by atoms with van der Waals surface area (Å²) in [6, 6.07) is 5.05. The molecule has 0 amide bonds. The molecular formula is C14H20FN3O2. The van der Waals surface area contributed by atoms with Crippen molar-refractivity contribution in [1.82, 2.24) is 10.6 Å². The summed E-state index contributed by atoms with van der Waals surface area (Å²) in [4.78, 5) is 12.4. The third-order valence-corrected chi connectivity index (χ3v) is 3.31. The maximum Gasteiger partial charge on any atom is 0.304 e. The summed E-state index contributed by atoms with van der Waals surface area (Å²) < 4.78 is 13.9. The van der Waals surface area contributed by atoms with E-state index in [1.807, 2.05) is 11.0 Å². The molecule has 2 rings (SSSR count). The van der Waals surface area contributed by atoms with Crippen molar-refractivity contribution in [2.45, 2.75) is 13.0 Å². The van der Waals surface area contributed by atoms with Crippen LogP contribution in [0.2, 0.25) is 0 Å². The molecule has 1 fully saturated rings. The second kappa shape index (κ2) is 7.21. The highest BCUT2D eigenvalue weighted by atomic mass is 19.1. The van der Waals surface area contributed by atoms with Crippen LogP contribution in [0.25, 0.3) is 0 Å². The molecule has 6 heteroatoms. The summed E-state index contributed by atoms with van der Waals surface area (Å²) in [5.74, 6) is -1.03. The van der Waals surface area contributed by atoms with Gasteiger partial charge in [-0.3, -0.25) is 4.79 Å². The quantitative estimate of drug-likeness (QED) is 0.673. The van der Waals surface area contributed by atoms with Crippen LogP contribution in [-0.2, 0) is 11.3 Å². The Morgan fingerprint density at radius 2 is 2.15 bits per heavy atom. The molecular weight excluding hydrogens is 261 g/mol. The van der Waals surface area contributed by atoms with Gasteiger partial charge >= 0.3 is 5.97 Å². The molecule has 20 heavy (non-hydrogen) atoms. The first-order chi connectivity index (χ1) is 9.66. The van der Waals surface area contributed by atoms with Gasteiger partial charge in [0.1, 0.15) is 5.82 Å². The second-order valence-electron chi connectivity index (χ2n) is 4.84. The highest BCUT2D eigenvalue weighted by molar-refractivity contribution is 5.66. The van der Waals surface area contributed by atoms with Gasteiger partial charge in [-0.25, -0.2) is 4.39 Å². The summed E-state index contributed by atoms with van der Waals surface area (Å²) in [6.45, 7) is 4.28. The van der Waals surface area contributed by atoms with Gasteiger partial charge in [0, 0.05) is 39.3 Å². The molecule has 0 radical (unpaired) electrons. The predicted molar refractivity (Wildman–Crippen MR) is 75.4 cm³/mol. The van der Waals surface area contributed by atoms with Gasteiger partial charge in [0.25, 0.3) is 0 Å². The number of hydrogen-bond donors (Lipinski definition) is 3. The fraction of sp³-hybridized carbons (Fsp3) is 0.500. The Kier molecular flexibility index (Phi) is 5.31. The van der Waals surface area contributed by atoms with E-state index in [1.165, 1.54) is 6.07 Å². The fourth-order valence-electron chi connectivity index (χ4n) is 2.24. The summed E-state index contributed by atoms with van der Waals surface area (Å²) in [6.07, 6.45) is 0.0891. The monoisotopic (exact) mass is 281 g/mol. The largest absolute Gasteiger partial charge is 0.481 e. The highest BCUT2D eigenvalue weighted by Crippen LogP contribution is 2.21. The van der Waals surface area contributed by atoms with Crippen molar-refractivity contribution in [3.8, 4) is 0 Å². The van der Waals surface area contributed by atoms with Gasteiger partial charge in [-0.1, -0.05) is 6.07 Å². The summed E-state index contributed by atoms with van der Waals surface area (Å²) in [5, 5.41) is 14.8. The van der Waals surface area contributed by atoms with Crippen LogP contribution >= 0.6 is 0 Å². The first-order valence-electron chi connectivity index (χ1n) is 6.83. The number of halogens is 1. The van der Waals surface area contributed by atoms with Crippen LogP contribution in [0.4, 0.5) is 10.1 Å². The standard InChI is InChI=1S/C14H20FN3O2/c15-12-2-1-11(10-17-4-3-14(19)20)9-13(12)18-7-5-16-6-8-18/h1-2,9,16-17H,3-8,10H2,(H,19,20). The number of aliphatic carboxylic acids is 1. The Bertz CT molecular complexity index is 462. The Labute approximate surface area is 117 Å². The average molecular weight is 281 g/mol. The van der Waals surface area contributed by atoms with E-state index in [9.17, 15) is 9.18 Å². The molecule has 1 aliphatic heterocycles. The number of carbonyl (C=O) groups is 1. The van der Waals surface area contributed by atoms with Gasteiger partial charge < -0.3 is 20.6 Å². The molecule has 1 saturated heterocycles. The van der Waals surface area contributed by atoms with E-state index >= 15 is 0 Å². The van der Waals surface area contributed by atoms with Crippen LogP contribution < -0.4 is 15.5 Å². The van der Waals surface area contributed by atoms with E-state index in [0.29, 0.717) is 18.8 Å². The molecule has 1 aromatic carbocycles. The SMILES string of the molecule is O=C(O)CCNCc1ccc(F)c(N2CCNCC2)c1. The zero-order valence-corrected chi connectivity index (χ0v) is 11.4. The lowest BCUT2D eigenvalue weighted by atomic mass is 10.1. The minimum Gasteiger partial charge on any atom is -0.481 e. The lowest BCUT2D eigenvalue weighted by Gasteiger charge is -2.30. The van der Waals surface area contributed by atoms with Gasteiger partial charge in [-0.05, 0) is 17.7 Å². The molecule has 110 valence electrons. The van der Waals surface area contributed by atoms with Crippen molar-refractivity contribution in [1.29, 1.82) is 0 Å². The molecule has 0 aliphatic carbocycles. The maximum atomic E-state index is 13.9. The zero-order valence-electron chi connectivity index (χ0n) is 11.4. The lowest BCUT2D eigenvalue weighted by molar-refractivity contribution is -0.136. The van der Waals surface area contributed by atoms with E-state index in [2.05, 4.69) is 10.6 Å². The molecule has 0 spiro atoms. The number of hydrogen-bond acceptors (Lipinski definition) is 4. The zero-order chi connectivity index (χ0) is 14.4. The van der Waals surface area contributed by atoms with E-state index in [1.54, 1.807) is 6.07 Å². The summed E-state index contributed by atoms with van der Waals surface area (Å²) in [7, 11) is 0. The van der Waals surface area contributed by atoms with E-state index in [4.69, 9.17) is 5.11 Å². The number of carboxylic acid groups (broad SMARTS) is 1. The molecule has 0 saturated carbocycles. The molecule has 0 atom stereocenters. The minimum absolute atomic E-state index is 0.0891. The van der Waals surface area contributed by atoms with E-state index in [0.717, 1.165) is 31.7 Å². The van der Waals surface area contributed by atoms with Crippen LogP contribution in [-0.4, -0.2) is 43.8 Å². The third kappa shape index (κ3) is 4.18. The smallest absolute Gasteiger partial charge is 0.304 e. The number of carboxylic acids is 1. The van der Waals surface area contributed by atoms with Crippen LogP contribution in [0.5, 0.6) is 0 Å². The van der Waals surface area contributed by atoms with Gasteiger partial charge in [0.05, 0.1) is 12.1 Å². The molecule has 5 nitrogen and oxygen atoms in total. The van der Waals surface area contributed by atoms with Crippen LogP contribution in [0.1, 0.15) is 12.0 Å². The van der Waals surface area contributed by atoms with Crippen molar-refractivity contribution < 1.29 is 14.3 Å². The van der Waals surface area contributed by atoms with Gasteiger partial charge in [0.15, 0.2) is 0 Å². The van der Waals surface area contributed by atoms with Crippen LogP contribution in [0, 0.1) is 5.82 Å². The number of anilines is 1. The van der Waals surface area contributed by atoms with Gasteiger partial charge in [-0.15, -0.1) is 0 Å². The Morgan fingerprint density at radius 3 is 2.85 bits per heavy atom. The molecule has 1 aliphatic rings. The Morgan fingerprint density at radius 1 is 1.40 bits per heavy atom. The van der Waals surface area contributed by atoms with Crippen molar-refractivity contribution in [2.75, 3.05) is 37.6 Å². The molecule has 0 bridgehead atoms. The second-order valence-corrected chi connectivity index (χ2v) is 4.84. The topological polar surface area (TPSA) is 64.6 Å². The molecule has 1 aromatic rings. The number of nitrogens with zero attached hydrogens (tertiary/aromatic N) is 1. The first-order valence-corrected chi connectivity index (χ1v) is 6.83. The molecule has 0 unspecified atom stereocenters. The van der Waals surface area contributed by atoms with Crippen molar-refractivity contribution in [3.05, 3.63) is 29.6 Å². The third-order valence-electron chi connectivity index (χ3n) is 3.31. The summed E-state index contributed by atoms with van der Waals surface area (Å²) >= 11 is 0. The van der Waals surface area contributed by atoms with Crippen molar-refractivity contribution >= 4 is 11.7 Å². The normalized spacial score (nSPS) is 15.3. The number of nitrogens with one attached hydrogen (secondary N) is 2. The Hall–Kier alpha value is -1.66. The Balaban J connectivity index is 1.95. The average Bonchev–Trinajstić information content (AvgIpc) is 2.46. The van der Waals surface area contributed by atoms with Gasteiger partial charge in [0.2, 0.25) is 0 Å². The molecule has 3 N–H and O–H groups in total. The van der Waals surface area contributed by atoms with Crippen LogP contribution in [0.3, 0.4) is 0 Å². The molecule has 1 heterocycles. The maximum absolute atomic E-state index is 13.9. The number of benzene rings is 1. The summed E-state index contributed by atoms with van der Waals surface area (Å²) in [5.41, 5.74) is 1.59. The van der Waals surface area contributed by atoms with Gasteiger partial charge in [-0.2, -0.15) is 0 Å². The van der Waals surface area contributed by atoms with E-state index in [-0.39, 0.29) is 12.2 Å². The van der Waals surface area contributed by atoms with Crippen molar-refractivity contribution in [3.63, 3.8) is 0 Å². The lowest BCUT2D eigenvalue weighted by Crippen LogP contribution is -2.43. The number of piperazine rings is 1.